The fourth-order valence-electron chi connectivity index (χ4n) is 1.62. The number of hydrogen-bond acceptors (Lipinski definition) is 4. The van der Waals surface area contributed by atoms with Crippen molar-refractivity contribution in [1.82, 2.24) is 4.98 Å². The molecule has 0 fully saturated rings. The Morgan fingerprint density at radius 2 is 2.05 bits per heavy atom. The number of pyridine rings is 1. The first kappa shape index (κ1) is 14.6. The number of halogens is 3. The molecule has 0 spiro atoms. The molecule has 0 atom stereocenters. The smallest absolute Gasteiger partial charge is 0.358 e. The number of benzene rings is 1. The molecular weight excluding hydrogens is 306 g/mol. The van der Waals surface area contributed by atoms with E-state index in [-0.39, 0.29) is 32.7 Å². The van der Waals surface area contributed by atoms with Crippen molar-refractivity contribution >= 4 is 34.9 Å². The number of carbonyl (C=O) groups is 1. The lowest BCUT2D eigenvalue weighted by Crippen LogP contribution is -2.08. The first-order valence-corrected chi connectivity index (χ1v) is 6.19. The minimum Gasteiger partial charge on any atom is -0.464 e. The third-order valence-corrected chi connectivity index (χ3v) is 3.20. The Labute approximate surface area is 124 Å². The molecule has 0 saturated carbocycles. The van der Waals surface area contributed by atoms with Crippen molar-refractivity contribution in [2.75, 3.05) is 12.8 Å². The Morgan fingerprint density at radius 1 is 1.35 bits per heavy atom. The summed E-state index contributed by atoms with van der Waals surface area (Å²) >= 11 is 11.6. The lowest BCUT2D eigenvalue weighted by Gasteiger charge is -2.09. The van der Waals surface area contributed by atoms with Gasteiger partial charge in [0.2, 0.25) is 0 Å². The normalized spacial score (nSPS) is 10.4. The van der Waals surface area contributed by atoms with E-state index in [9.17, 15) is 9.18 Å². The summed E-state index contributed by atoms with van der Waals surface area (Å²) in [6, 6.07) is 5.46. The molecule has 0 bridgehead atoms. The summed E-state index contributed by atoms with van der Waals surface area (Å²) in [5.41, 5.74) is 5.96. The number of carbonyl (C=O) groups excluding carboxylic acids is 1. The van der Waals surface area contributed by atoms with Gasteiger partial charge in [0.15, 0.2) is 5.69 Å². The molecule has 2 aromatic rings. The molecule has 20 heavy (non-hydrogen) atoms. The highest BCUT2D eigenvalue weighted by atomic mass is 35.5. The van der Waals surface area contributed by atoms with E-state index < -0.39 is 11.8 Å². The second kappa shape index (κ2) is 5.64. The van der Waals surface area contributed by atoms with Crippen molar-refractivity contribution in [2.45, 2.75) is 0 Å². The molecule has 0 saturated heterocycles. The number of methoxy groups -OCH3 is 1. The first-order valence-electron chi connectivity index (χ1n) is 5.43. The third-order valence-electron chi connectivity index (χ3n) is 2.57. The lowest BCUT2D eigenvalue weighted by atomic mass is 10.1. The van der Waals surface area contributed by atoms with Crippen LogP contribution in [0.2, 0.25) is 10.0 Å². The van der Waals surface area contributed by atoms with Gasteiger partial charge in [0.25, 0.3) is 0 Å². The van der Waals surface area contributed by atoms with Crippen molar-refractivity contribution in [3.63, 3.8) is 0 Å². The zero-order valence-corrected chi connectivity index (χ0v) is 11.8. The summed E-state index contributed by atoms with van der Waals surface area (Å²) in [6.07, 6.45) is 0. The number of rotatable bonds is 2. The van der Waals surface area contributed by atoms with E-state index in [1.54, 1.807) is 0 Å². The quantitative estimate of drug-likeness (QED) is 0.861. The number of nitrogens with zero attached hydrogens (tertiary/aromatic N) is 1. The first-order chi connectivity index (χ1) is 9.43. The largest absolute Gasteiger partial charge is 0.464 e. The van der Waals surface area contributed by atoms with Gasteiger partial charge >= 0.3 is 5.97 Å². The SMILES string of the molecule is COC(=O)c1nc(-c2ccc(Cl)cc2F)cc(N)c1Cl. The standard InChI is InChI=1S/C13H9Cl2FN2O2/c1-20-13(19)12-11(15)9(17)5-10(18-12)7-3-2-6(14)4-8(7)16/h2-5H,1H3,(H2,17,18). The van der Waals surface area contributed by atoms with Gasteiger partial charge in [-0.05, 0) is 24.3 Å². The van der Waals surface area contributed by atoms with Crippen molar-refractivity contribution in [2.24, 2.45) is 0 Å². The monoisotopic (exact) mass is 314 g/mol. The number of aromatic nitrogens is 1. The van der Waals surface area contributed by atoms with Crippen molar-refractivity contribution < 1.29 is 13.9 Å². The van der Waals surface area contributed by atoms with Gasteiger partial charge < -0.3 is 10.5 Å². The predicted molar refractivity (Wildman–Crippen MR) is 75.4 cm³/mol. The maximum Gasteiger partial charge on any atom is 0.358 e. The van der Waals surface area contributed by atoms with Gasteiger partial charge in [-0.2, -0.15) is 0 Å². The van der Waals surface area contributed by atoms with Crippen LogP contribution in [0.1, 0.15) is 10.5 Å². The lowest BCUT2D eigenvalue weighted by molar-refractivity contribution is 0.0594. The van der Waals surface area contributed by atoms with E-state index in [1.807, 2.05) is 0 Å². The van der Waals surface area contributed by atoms with Crippen molar-refractivity contribution in [3.8, 4) is 11.3 Å². The minimum atomic E-state index is -0.752. The summed E-state index contributed by atoms with van der Waals surface area (Å²) in [4.78, 5) is 15.6. The van der Waals surface area contributed by atoms with Gasteiger partial charge in [0.1, 0.15) is 5.82 Å². The predicted octanol–water partition coefficient (Wildman–Crippen LogP) is 3.56. The van der Waals surface area contributed by atoms with Gasteiger partial charge in [0.05, 0.1) is 23.5 Å². The van der Waals surface area contributed by atoms with Crippen molar-refractivity contribution in [1.29, 1.82) is 0 Å². The molecule has 4 nitrogen and oxygen atoms in total. The number of anilines is 1. The van der Waals surface area contributed by atoms with E-state index >= 15 is 0 Å². The van der Waals surface area contributed by atoms with Crippen LogP contribution in [0, 0.1) is 5.82 Å². The molecule has 0 aliphatic carbocycles. The highest BCUT2D eigenvalue weighted by Crippen LogP contribution is 2.30. The van der Waals surface area contributed by atoms with Crippen LogP contribution in [-0.2, 0) is 4.74 Å². The van der Waals surface area contributed by atoms with E-state index in [4.69, 9.17) is 28.9 Å². The van der Waals surface area contributed by atoms with E-state index in [0.717, 1.165) is 6.07 Å². The van der Waals surface area contributed by atoms with Gasteiger partial charge in [-0.1, -0.05) is 23.2 Å². The van der Waals surface area contributed by atoms with Crippen LogP contribution in [0.15, 0.2) is 24.3 Å². The van der Waals surface area contributed by atoms with Gasteiger partial charge in [-0.25, -0.2) is 14.2 Å². The Bertz CT molecular complexity index is 692. The van der Waals surface area contributed by atoms with Crippen LogP contribution < -0.4 is 5.73 Å². The van der Waals surface area contributed by atoms with Crippen LogP contribution in [0.5, 0.6) is 0 Å². The number of nitrogens with two attached hydrogens (primary N) is 1. The molecule has 0 aliphatic rings. The maximum absolute atomic E-state index is 13.9. The van der Waals surface area contributed by atoms with E-state index in [1.165, 1.54) is 25.3 Å². The summed E-state index contributed by atoms with van der Waals surface area (Å²) in [6.45, 7) is 0. The molecule has 2 rings (SSSR count). The van der Waals surface area contributed by atoms with Crippen LogP contribution in [0.3, 0.4) is 0 Å². The van der Waals surface area contributed by atoms with Gasteiger partial charge in [-0.3, -0.25) is 0 Å². The molecule has 104 valence electrons. The number of nitrogen functional groups attached to an aromatic ring is 1. The third kappa shape index (κ3) is 2.69. The second-order valence-corrected chi connectivity index (χ2v) is 4.69. The molecular formula is C13H9Cl2FN2O2. The average molecular weight is 315 g/mol. The number of ether oxygens (including phenoxy) is 1. The molecule has 0 aliphatic heterocycles. The Balaban J connectivity index is 2.63. The molecule has 1 aromatic heterocycles. The summed E-state index contributed by atoms with van der Waals surface area (Å²) in [7, 11) is 1.19. The number of hydrogen-bond donors (Lipinski definition) is 1. The van der Waals surface area contributed by atoms with Gasteiger partial charge in [0, 0.05) is 10.6 Å². The maximum atomic E-state index is 13.9. The minimum absolute atomic E-state index is 0.0324. The summed E-state index contributed by atoms with van der Waals surface area (Å²) in [5, 5.41) is 0.219. The zero-order chi connectivity index (χ0) is 14.9. The topological polar surface area (TPSA) is 65.2 Å². The molecule has 7 heteroatoms. The van der Waals surface area contributed by atoms with Crippen molar-refractivity contribution in [3.05, 3.63) is 45.8 Å². The highest BCUT2D eigenvalue weighted by Gasteiger charge is 2.18. The molecule has 2 N–H and O–H groups in total. The van der Waals surface area contributed by atoms with Crippen LogP contribution >= 0.6 is 23.2 Å². The Kier molecular flexibility index (Phi) is 4.11. The second-order valence-electron chi connectivity index (χ2n) is 3.88. The average Bonchev–Trinajstić information content (AvgIpc) is 2.41. The molecule has 0 unspecified atom stereocenters. The van der Waals surface area contributed by atoms with Crippen LogP contribution in [-0.4, -0.2) is 18.1 Å². The summed E-state index contributed by atoms with van der Waals surface area (Å²) < 4.78 is 18.4. The van der Waals surface area contributed by atoms with Crippen LogP contribution in [0.25, 0.3) is 11.3 Å². The molecule has 1 heterocycles. The van der Waals surface area contributed by atoms with E-state index in [0.29, 0.717) is 0 Å². The number of esters is 1. The Morgan fingerprint density at radius 3 is 2.65 bits per heavy atom. The van der Waals surface area contributed by atoms with Crippen LogP contribution in [0.4, 0.5) is 10.1 Å². The fraction of sp³-hybridized carbons (Fsp3) is 0.0769. The molecule has 0 amide bonds. The highest BCUT2D eigenvalue weighted by molar-refractivity contribution is 6.35. The van der Waals surface area contributed by atoms with Gasteiger partial charge in [-0.15, -0.1) is 0 Å². The van der Waals surface area contributed by atoms with E-state index in [2.05, 4.69) is 9.72 Å². The fourth-order valence-corrected chi connectivity index (χ4v) is 1.95. The Hall–Kier alpha value is -1.85. The molecule has 0 radical (unpaired) electrons. The summed E-state index contributed by atoms with van der Waals surface area (Å²) in [5.74, 6) is -1.33. The zero-order valence-electron chi connectivity index (χ0n) is 10.3. The molecule has 1 aromatic carbocycles.